The number of urea groups is 1. The van der Waals surface area contributed by atoms with Gasteiger partial charge < -0.3 is 0 Å². The highest BCUT2D eigenvalue weighted by atomic mass is 35.5. The summed E-state index contributed by atoms with van der Waals surface area (Å²) < 4.78 is 1.11. The Bertz CT molecular complexity index is 727. The summed E-state index contributed by atoms with van der Waals surface area (Å²) in [5, 5.41) is 5.14. The van der Waals surface area contributed by atoms with Gasteiger partial charge in [-0.05, 0) is 28.4 Å². The highest BCUT2D eigenvalue weighted by Crippen LogP contribution is 2.37. The maximum absolute atomic E-state index is 12.1. The molecule has 7 heteroatoms. The van der Waals surface area contributed by atoms with Crippen molar-refractivity contribution in [3.63, 3.8) is 0 Å². The van der Waals surface area contributed by atoms with E-state index in [1.165, 1.54) is 12.1 Å². The lowest BCUT2D eigenvalue weighted by molar-refractivity contribution is -0.395. The van der Waals surface area contributed by atoms with Crippen LogP contribution in [-0.4, -0.2) is 16.6 Å². The van der Waals surface area contributed by atoms with Gasteiger partial charge >= 0.3 is 6.03 Å². The highest BCUT2D eigenvalue weighted by Gasteiger charge is 2.37. The van der Waals surface area contributed by atoms with Gasteiger partial charge in [-0.3, -0.25) is 0 Å². The minimum absolute atomic E-state index is 0.0196. The van der Waals surface area contributed by atoms with Gasteiger partial charge in [0.25, 0.3) is 5.84 Å². The largest absolute Gasteiger partial charge is 0.568 e. The van der Waals surface area contributed by atoms with E-state index in [1.54, 1.807) is 0 Å². The van der Waals surface area contributed by atoms with Crippen molar-refractivity contribution in [1.29, 1.82) is 0 Å². The molecular weight excluding hydrogens is 333 g/mol. The number of benzene rings is 1. The molecule has 1 aliphatic carbocycles. The molecule has 4 nitrogen and oxygen atoms in total. The van der Waals surface area contributed by atoms with Gasteiger partial charge in [0.15, 0.2) is 5.69 Å². The second-order valence-corrected chi connectivity index (χ2v) is 5.79. The number of amides is 2. The molecule has 0 spiro atoms. The van der Waals surface area contributed by atoms with E-state index in [1.807, 2.05) is 24.3 Å². The van der Waals surface area contributed by atoms with Gasteiger partial charge in [-0.15, -0.1) is 0 Å². The Morgan fingerprint density at radius 1 is 1.14 bits per heavy atom. The predicted octanol–water partition coefficient (Wildman–Crippen LogP) is 5.41. The van der Waals surface area contributed by atoms with Crippen LogP contribution in [-0.2, 0) is 0 Å². The van der Waals surface area contributed by atoms with Gasteiger partial charge in [-0.1, -0.05) is 59.1 Å². The van der Waals surface area contributed by atoms with Crippen molar-refractivity contribution in [2.45, 2.75) is 6.42 Å². The molecule has 21 heavy (non-hydrogen) atoms. The first kappa shape index (κ1) is 14.4. The molecule has 1 aromatic carbocycles. The van der Waals surface area contributed by atoms with E-state index in [0.717, 1.165) is 11.1 Å². The number of aliphatic imine (C=N–C) groups is 1. The molecule has 1 atom stereocenters. The quantitative estimate of drug-likeness (QED) is 0.663. The second kappa shape index (κ2) is 5.72. The van der Waals surface area contributed by atoms with Gasteiger partial charge in [-0.2, -0.15) is 4.79 Å². The van der Waals surface area contributed by atoms with Crippen LogP contribution < -0.4 is 0 Å². The van der Waals surface area contributed by atoms with Crippen LogP contribution in [0.2, 0.25) is 15.1 Å². The number of hydrogen-bond donors (Lipinski definition) is 0. The Hall–Kier alpha value is -1.49. The monoisotopic (exact) mass is 340 g/mol. The zero-order chi connectivity index (χ0) is 15.0. The highest BCUT2D eigenvalue weighted by molar-refractivity contribution is 6.41. The van der Waals surface area contributed by atoms with E-state index in [-0.39, 0.29) is 16.0 Å². The van der Waals surface area contributed by atoms with Crippen molar-refractivity contribution < 1.29 is 9.49 Å². The van der Waals surface area contributed by atoms with Crippen LogP contribution in [0.5, 0.6) is 0 Å². The molecule has 1 heterocycles. The lowest BCUT2D eigenvalue weighted by Crippen LogP contribution is -2.09. The molecule has 1 aromatic rings. The van der Waals surface area contributed by atoms with Crippen LogP contribution in [0.4, 0.5) is 10.5 Å². The number of rotatable bonds is 2. The summed E-state index contributed by atoms with van der Waals surface area (Å²) in [6, 6.07) is 2.50. The Balaban J connectivity index is 2.00. The summed E-state index contributed by atoms with van der Waals surface area (Å²) in [5.41, 5.74) is 0.293. The normalized spacial score (nSPS) is 20.7. The maximum atomic E-state index is 12.1. The van der Waals surface area contributed by atoms with E-state index in [2.05, 4.69) is 10.1 Å². The van der Waals surface area contributed by atoms with Crippen molar-refractivity contribution in [1.82, 2.24) is 0 Å². The fourth-order valence-electron chi connectivity index (χ4n) is 2.12. The van der Waals surface area contributed by atoms with Crippen molar-refractivity contribution in [2.24, 2.45) is 16.0 Å². The third kappa shape index (κ3) is 2.79. The van der Waals surface area contributed by atoms with Gasteiger partial charge in [-0.25, -0.2) is 0 Å². The molecule has 1 unspecified atom stereocenters. The minimum Gasteiger partial charge on any atom is -0.191 e. The summed E-state index contributed by atoms with van der Waals surface area (Å²) in [4.78, 5) is 16.0. The molecule has 106 valence electrons. The smallest absolute Gasteiger partial charge is 0.191 e. The number of hydrogen-bond acceptors (Lipinski definition) is 2. The van der Waals surface area contributed by atoms with Crippen molar-refractivity contribution in [2.75, 3.05) is 0 Å². The fourth-order valence-corrected chi connectivity index (χ4v) is 3.10. The zero-order valence-corrected chi connectivity index (χ0v) is 12.9. The Morgan fingerprint density at radius 2 is 1.86 bits per heavy atom. The molecule has 0 aromatic heterocycles. The van der Waals surface area contributed by atoms with Gasteiger partial charge in [0, 0.05) is 10.0 Å². The summed E-state index contributed by atoms with van der Waals surface area (Å²) in [7, 11) is 0. The molecule has 2 aliphatic rings. The zero-order valence-electron chi connectivity index (χ0n) is 10.6. The first-order chi connectivity index (χ1) is 10.1. The summed E-state index contributed by atoms with van der Waals surface area (Å²) in [5.74, 6) is 0.427. The van der Waals surface area contributed by atoms with Gasteiger partial charge in [0.05, 0.1) is 16.0 Å². The number of azo groups is 2. The third-order valence-corrected chi connectivity index (χ3v) is 3.89. The molecule has 0 bridgehead atoms. The summed E-state index contributed by atoms with van der Waals surface area (Å²) >= 11 is 18.1. The number of halogens is 3. The lowest BCUT2D eigenvalue weighted by Gasteiger charge is -2.05. The van der Waals surface area contributed by atoms with E-state index < -0.39 is 6.03 Å². The minimum atomic E-state index is -0.515. The van der Waals surface area contributed by atoms with E-state index in [9.17, 15) is 4.79 Å². The molecule has 0 saturated carbocycles. The molecule has 2 amide bonds. The van der Waals surface area contributed by atoms with Crippen molar-refractivity contribution in [3.8, 4) is 0 Å². The molecule has 0 fully saturated rings. The Labute approximate surface area is 136 Å². The van der Waals surface area contributed by atoms with Crippen LogP contribution in [0.1, 0.15) is 6.42 Å². The first-order valence-electron chi connectivity index (χ1n) is 6.18. The van der Waals surface area contributed by atoms with Crippen LogP contribution in [0.15, 0.2) is 46.5 Å². The third-order valence-electron chi connectivity index (χ3n) is 3.10. The van der Waals surface area contributed by atoms with Crippen LogP contribution >= 0.6 is 34.8 Å². The molecule has 1 aliphatic heterocycles. The van der Waals surface area contributed by atoms with E-state index in [0.29, 0.717) is 16.5 Å². The van der Waals surface area contributed by atoms with Gasteiger partial charge in [0.2, 0.25) is 0 Å². The Kier molecular flexibility index (Phi) is 3.93. The van der Waals surface area contributed by atoms with Crippen LogP contribution in [0.3, 0.4) is 0 Å². The molecule has 0 saturated heterocycles. The topological polar surface area (TPSA) is 44.8 Å². The molecule has 0 radical (unpaired) electrons. The standard InChI is InChI=1S/C14H9Cl3N3O/c15-9-6-10(16)12(11(17)7-9)20-14(21)18-13(19-20)8-4-2-1-3-5-8/h1-4,6-8H,5H2/q+1. The number of carbonyl (C=O) groups excluding carboxylic acids is 1. The second-order valence-electron chi connectivity index (χ2n) is 4.54. The molecule has 3 rings (SSSR count). The Morgan fingerprint density at radius 3 is 2.48 bits per heavy atom. The number of carbonyl (C=O) groups is 1. The van der Waals surface area contributed by atoms with Crippen molar-refractivity contribution >= 4 is 52.4 Å². The summed E-state index contributed by atoms with van der Waals surface area (Å²) in [6.45, 7) is 0. The average Bonchev–Trinajstić information content (AvgIpc) is 2.81. The van der Waals surface area contributed by atoms with E-state index in [4.69, 9.17) is 34.8 Å². The lowest BCUT2D eigenvalue weighted by atomic mass is 10.0. The van der Waals surface area contributed by atoms with Crippen LogP contribution in [0.25, 0.3) is 0 Å². The van der Waals surface area contributed by atoms with Crippen molar-refractivity contribution in [3.05, 3.63) is 51.5 Å². The number of nitrogens with zero attached hydrogens (tertiary/aromatic N) is 3. The van der Waals surface area contributed by atoms with Gasteiger partial charge in [0.1, 0.15) is 0 Å². The average molecular weight is 342 g/mol. The fraction of sp³-hybridized carbons (Fsp3) is 0.143. The molecule has 0 N–H and O–H groups in total. The maximum Gasteiger partial charge on any atom is 0.568 e. The molecular formula is C14H9Cl3N3O+. The number of allylic oxidation sites excluding steroid dienone is 3. The van der Waals surface area contributed by atoms with Crippen LogP contribution in [0, 0.1) is 5.92 Å². The SMILES string of the molecule is O=C1N=C(C2C=CC=CC2)N=[N+]1c1c(Cl)cc(Cl)cc1Cl. The van der Waals surface area contributed by atoms with E-state index >= 15 is 0 Å². The predicted molar refractivity (Wildman–Crippen MR) is 83.0 cm³/mol. The number of amidine groups is 1. The summed E-state index contributed by atoms with van der Waals surface area (Å²) in [6.07, 6.45) is 8.55. The first-order valence-corrected chi connectivity index (χ1v) is 7.32.